The molecule has 0 fully saturated rings. The molecule has 98 valence electrons. The van der Waals surface area contributed by atoms with Crippen molar-refractivity contribution in [2.75, 3.05) is 7.05 Å². The summed E-state index contributed by atoms with van der Waals surface area (Å²) >= 11 is 6.10. The number of fused-ring (bicyclic) bond motifs is 1. The Hall–Kier alpha value is -2.06. The highest BCUT2D eigenvalue weighted by molar-refractivity contribution is 6.20. The van der Waals surface area contributed by atoms with Crippen LogP contribution in [-0.4, -0.2) is 22.5 Å². The molecular weight excluding hydrogens is 264 g/mol. The van der Waals surface area contributed by atoms with Crippen LogP contribution < -0.4 is 5.32 Å². The predicted molar refractivity (Wildman–Crippen MR) is 72.8 cm³/mol. The largest absolute Gasteiger partial charge is 0.358 e. The van der Waals surface area contributed by atoms with E-state index in [0.717, 1.165) is 5.52 Å². The van der Waals surface area contributed by atoms with Gasteiger partial charge in [0.15, 0.2) is 0 Å². The van der Waals surface area contributed by atoms with Gasteiger partial charge in [-0.1, -0.05) is 6.07 Å². The monoisotopic (exact) mass is 276 g/mol. The minimum atomic E-state index is -0.344. The molecule has 6 heteroatoms. The van der Waals surface area contributed by atoms with E-state index in [1.807, 2.05) is 6.07 Å². The number of nitrogens with one attached hydrogen (secondary N) is 1. The standard InChI is InChI=1S/C13H13ClN4O/c1-8(14)13-17-12-9(6-15)4-3-5-10(12)18(13)7-11(19)16-2/h3-5,8H,7H2,1-2H3,(H,16,19). The molecule has 1 heterocycles. The summed E-state index contributed by atoms with van der Waals surface area (Å²) in [4.78, 5) is 16.0. The van der Waals surface area contributed by atoms with Crippen molar-refractivity contribution in [1.82, 2.24) is 14.9 Å². The van der Waals surface area contributed by atoms with Crippen LogP contribution in [-0.2, 0) is 11.3 Å². The number of hydrogen-bond donors (Lipinski definition) is 1. The van der Waals surface area contributed by atoms with Crippen molar-refractivity contribution in [3.05, 3.63) is 29.6 Å². The van der Waals surface area contributed by atoms with Gasteiger partial charge in [-0.2, -0.15) is 5.26 Å². The first-order valence-electron chi connectivity index (χ1n) is 5.82. The number of amides is 1. The first-order valence-corrected chi connectivity index (χ1v) is 6.26. The number of nitriles is 1. The van der Waals surface area contributed by atoms with Crippen LogP contribution in [0.3, 0.4) is 0 Å². The summed E-state index contributed by atoms with van der Waals surface area (Å²) in [7, 11) is 1.58. The van der Waals surface area contributed by atoms with Crippen molar-refractivity contribution < 1.29 is 4.79 Å². The highest BCUT2D eigenvalue weighted by Crippen LogP contribution is 2.26. The molecule has 0 aliphatic carbocycles. The molecule has 1 amide bonds. The molecule has 0 saturated carbocycles. The zero-order valence-electron chi connectivity index (χ0n) is 10.6. The Morgan fingerprint density at radius 3 is 2.95 bits per heavy atom. The van der Waals surface area contributed by atoms with E-state index in [0.29, 0.717) is 16.9 Å². The molecule has 5 nitrogen and oxygen atoms in total. The summed E-state index contributed by atoms with van der Waals surface area (Å²) in [6.07, 6.45) is 0. The first-order chi connectivity index (χ1) is 9.08. The third-order valence-corrected chi connectivity index (χ3v) is 3.06. The van der Waals surface area contributed by atoms with Crippen LogP contribution in [0, 0.1) is 11.3 Å². The Bertz CT molecular complexity index is 669. The topological polar surface area (TPSA) is 70.7 Å². The first kappa shape index (κ1) is 13.4. The second-order valence-corrected chi connectivity index (χ2v) is 4.79. The van der Waals surface area contributed by atoms with Gasteiger partial charge in [0.2, 0.25) is 5.91 Å². The number of carbonyl (C=O) groups excluding carboxylic acids is 1. The molecule has 0 bridgehead atoms. The molecule has 2 rings (SSSR count). The number of rotatable bonds is 3. The number of benzene rings is 1. The van der Waals surface area contributed by atoms with Crippen molar-refractivity contribution >= 4 is 28.5 Å². The number of nitrogens with zero attached hydrogens (tertiary/aromatic N) is 3. The van der Waals surface area contributed by atoms with Crippen LogP contribution in [0.15, 0.2) is 18.2 Å². The molecule has 1 unspecified atom stereocenters. The lowest BCUT2D eigenvalue weighted by molar-refractivity contribution is -0.121. The third kappa shape index (κ3) is 2.40. The van der Waals surface area contributed by atoms with Crippen molar-refractivity contribution in [2.45, 2.75) is 18.8 Å². The Kier molecular flexibility index (Phi) is 3.72. The van der Waals surface area contributed by atoms with E-state index >= 15 is 0 Å². The second kappa shape index (κ2) is 5.29. The molecule has 1 atom stereocenters. The summed E-state index contributed by atoms with van der Waals surface area (Å²) in [5, 5.41) is 11.3. The van der Waals surface area contributed by atoms with Gasteiger partial charge in [0.05, 0.1) is 16.5 Å². The van der Waals surface area contributed by atoms with Gasteiger partial charge in [0.25, 0.3) is 0 Å². The van der Waals surface area contributed by atoms with Crippen molar-refractivity contribution in [1.29, 1.82) is 5.26 Å². The van der Waals surface area contributed by atoms with Gasteiger partial charge in [-0.3, -0.25) is 4.79 Å². The highest BCUT2D eigenvalue weighted by Gasteiger charge is 2.18. The zero-order valence-corrected chi connectivity index (χ0v) is 11.4. The number of carbonyl (C=O) groups is 1. The van der Waals surface area contributed by atoms with Gasteiger partial charge in [0.1, 0.15) is 24.0 Å². The van der Waals surface area contributed by atoms with Crippen LogP contribution >= 0.6 is 11.6 Å². The molecule has 2 aromatic rings. The number of aromatic nitrogens is 2. The lowest BCUT2D eigenvalue weighted by atomic mass is 10.2. The maximum atomic E-state index is 11.6. The number of likely N-dealkylation sites (N-methyl/N-ethyl adjacent to an activating group) is 1. The second-order valence-electron chi connectivity index (χ2n) is 4.13. The van der Waals surface area contributed by atoms with Crippen molar-refractivity contribution in [3.8, 4) is 6.07 Å². The van der Waals surface area contributed by atoms with E-state index in [1.165, 1.54) is 0 Å². The molecule has 19 heavy (non-hydrogen) atoms. The molecule has 1 aromatic carbocycles. The van der Waals surface area contributed by atoms with Gasteiger partial charge in [-0.05, 0) is 19.1 Å². The van der Waals surface area contributed by atoms with Crippen LogP contribution in [0.5, 0.6) is 0 Å². The van der Waals surface area contributed by atoms with Crippen LogP contribution in [0.1, 0.15) is 23.7 Å². The number of alkyl halides is 1. The third-order valence-electron chi connectivity index (χ3n) is 2.87. The van der Waals surface area contributed by atoms with E-state index in [1.54, 1.807) is 30.7 Å². The van der Waals surface area contributed by atoms with Gasteiger partial charge in [-0.15, -0.1) is 11.6 Å². The molecule has 1 aromatic heterocycles. The summed E-state index contributed by atoms with van der Waals surface area (Å²) in [5.41, 5.74) is 1.80. The average Bonchev–Trinajstić information content (AvgIpc) is 2.77. The molecule has 0 spiro atoms. The summed E-state index contributed by atoms with van der Waals surface area (Å²) < 4.78 is 1.74. The zero-order chi connectivity index (χ0) is 14.0. The van der Waals surface area contributed by atoms with Crippen LogP contribution in [0.25, 0.3) is 11.0 Å². The summed E-state index contributed by atoms with van der Waals surface area (Å²) in [6, 6.07) is 7.39. The molecular formula is C13H13ClN4O. The number of para-hydroxylation sites is 1. The maximum Gasteiger partial charge on any atom is 0.239 e. The smallest absolute Gasteiger partial charge is 0.239 e. The van der Waals surface area contributed by atoms with E-state index in [4.69, 9.17) is 16.9 Å². The van der Waals surface area contributed by atoms with Gasteiger partial charge >= 0.3 is 0 Å². The normalized spacial score (nSPS) is 12.1. The van der Waals surface area contributed by atoms with Crippen molar-refractivity contribution in [3.63, 3.8) is 0 Å². The van der Waals surface area contributed by atoms with Gasteiger partial charge < -0.3 is 9.88 Å². The Labute approximate surface area is 115 Å². The van der Waals surface area contributed by atoms with E-state index in [2.05, 4.69) is 16.4 Å². The SMILES string of the molecule is CNC(=O)Cn1c(C(C)Cl)nc2c(C#N)cccc21. The average molecular weight is 277 g/mol. The Morgan fingerprint density at radius 1 is 1.63 bits per heavy atom. The van der Waals surface area contributed by atoms with Crippen LogP contribution in [0.4, 0.5) is 0 Å². The fraction of sp³-hybridized carbons (Fsp3) is 0.308. The molecule has 0 saturated heterocycles. The minimum Gasteiger partial charge on any atom is -0.358 e. The highest BCUT2D eigenvalue weighted by atomic mass is 35.5. The number of hydrogen-bond acceptors (Lipinski definition) is 3. The number of halogens is 1. The summed E-state index contributed by atoms with van der Waals surface area (Å²) in [5.74, 6) is 0.447. The number of imidazole rings is 1. The lowest BCUT2D eigenvalue weighted by Gasteiger charge is -2.09. The summed E-state index contributed by atoms with van der Waals surface area (Å²) in [6.45, 7) is 1.92. The lowest BCUT2D eigenvalue weighted by Crippen LogP contribution is -2.24. The van der Waals surface area contributed by atoms with E-state index in [-0.39, 0.29) is 17.8 Å². The fourth-order valence-corrected chi connectivity index (χ4v) is 2.11. The Balaban J connectivity index is 2.68. The van der Waals surface area contributed by atoms with Gasteiger partial charge in [0, 0.05) is 7.05 Å². The molecule has 1 N–H and O–H groups in total. The molecule has 0 radical (unpaired) electrons. The van der Waals surface area contributed by atoms with Crippen molar-refractivity contribution in [2.24, 2.45) is 0 Å². The predicted octanol–water partition coefficient (Wildman–Crippen LogP) is 1.95. The fourth-order valence-electron chi connectivity index (χ4n) is 1.95. The van der Waals surface area contributed by atoms with E-state index < -0.39 is 0 Å². The minimum absolute atomic E-state index is 0.133. The quantitative estimate of drug-likeness (QED) is 0.871. The van der Waals surface area contributed by atoms with Gasteiger partial charge in [-0.25, -0.2) is 4.98 Å². The molecule has 0 aliphatic rings. The van der Waals surface area contributed by atoms with Crippen LogP contribution in [0.2, 0.25) is 0 Å². The Morgan fingerprint density at radius 2 is 2.37 bits per heavy atom. The molecule has 0 aliphatic heterocycles. The maximum absolute atomic E-state index is 11.6. The van der Waals surface area contributed by atoms with E-state index in [9.17, 15) is 4.79 Å².